The third-order valence-electron chi connectivity index (χ3n) is 6.87. The van der Waals surface area contributed by atoms with Crippen LogP contribution in [0.4, 0.5) is 0 Å². The van der Waals surface area contributed by atoms with Crippen LogP contribution in [-0.4, -0.2) is 50.0 Å². The second-order valence-electron chi connectivity index (χ2n) is 9.92. The maximum absolute atomic E-state index is 13.8. The lowest BCUT2D eigenvalue weighted by Crippen LogP contribution is -2.32. The summed E-state index contributed by atoms with van der Waals surface area (Å²) in [6, 6.07) is 20.4. The molecule has 1 unspecified atom stereocenters. The maximum atomic E-state index is 13.8. The first-order valence-corrected chi connectivity index (χ1v) is 12.7. The Labute approximate surface area is 222 Å². The van der Waals surface area contributed by atoms with Gasteiger partial charge in [0.15, 0.2) is 16.9 Å². The van der Waals surface area contributed by atoms with Crippen molar-refractivity contribution in [1.29, 1.82) is 0 Å². The van der Waals surface area contributed by atoms with E-state index in [1.807, 2.05) is 81.7 Å². The van der Waals surface area contributed by atoms with Crippen LogP contribution >= 0.6 is 0 Å². The van der Waals surface area contributed by atoms with Gasteiger partial charge in [-0.05, 0) is 69.4 Å². The van der Waals surface area contributed by atoms with Crippen molar-refractivity contribution in [2.45, 2.75) is 26.0 Å². The van der Waals surface area contributed by atoms with E-state index in [4.69, 9.17) is 13.9 Å². The van der Waals surface area contributed by atoms with Crippen LogP contribution in [0.1, 0.15) is 45.3 Å². The Hall–Kier alpha value is -4.10. The number of rotatable bonds is 9. The SMILES string of the molecule is COc1cc(C2c3c(oc4ccc(C)cc4c3=O)C(=O)N2CCCN(C)C)ccc1OCc1ccccc1. The van der Waals surface area contributed by atoms with Crippen LogP contribution in [0.5, 0.6) is 11.5 Å². The zero-order valence-electron chi connectivity index (χ0n) is 22.2. The summed E-state index contributed by atoms with van der Waals surface area (Å²) in [4.78, 5) is 31.2. The van der Waals surface area contributed by atoms with Crippen LogP contribution in [0.25, 0.3) is 11.0 Å². The first-order chi connectivity index (χ1) is 18.4. The van der Waals surface area contributed by atoms with Crippen molar-refractivity contribution in [3.05, 3.63) is 105 Å². The highest BCUT2D eigenvalue weighted by Gasteiger charge is 2.42. The summed E-state index contributed by atoms with van der Waals surface area (Å²) in [5.41, 5.74) is 3.38. The van der Waals surface area contributed by atoms with Crippen molar-refractivity contribution in [2.75, 3.05) is 34.3 Å². The molecule has 4 aromatic rings. The molecule has 0 saturated carbocycles. The Balaban J connectivity index is 1.56. The molecule has 1 amide bonds. The van der Waals surface area contributed by atoms with Crippen LogP contribution in [0.2, 0.25) is 0 Å². The van der Waals surface area contributed by atoms with E-state index < -0.39 is 6.04 Å². The first kappa shape index (κ1) is 25.5. The Morgan fingerprint density at radius 1 is 0.974 bits per heavy atom. The lowest BCUT2D eigenvalue weighted by molar-refractivity contribution is 0.0722. The van der Waals surface area contributed by atoms with Gasteiger partial charge in [0.2, 0.25) is 5.76 Å². The summed E-state index contributed by atoms with van der Waals surface area (Å²) in [5.74, 6) is 0.967. The van der Waals surface area contributed by atoms with Gasteiger partial charge in [-0.3, -0.25) is 9.59 Å². The number of benzene rings is 3. The molecule has 0 radical (unpaired) electrons. The molecular weight excluding hydrogens is 480 g/mol. The fourth-order valence-corrected chi connectivity index (χ4v) is 4.98. The molecule has 0 fully saturated rings. The number of aryl methyl sites for hydroxylation is 1. The number of carbonyl (C=O) groups excluding carboxylic acids is 1. The van der Waals surface area contributed by atoms with Crippen molar-refractivity contribution < 1.29 is 18.7 Å². The third-order valence-corrected chi connectivity index (χ3v) is 6.87. The Bertz CT molecular complexity index is 1530. The summed E-state index contributed by atoms with van der Waals surface area (Å²) in [7, 11) is 5.58. The highest BCUT2D eigenvalue weighted by Crippen LogP contribution is 2.41. The molecular formula is C31H32N2O5. The average Bonchev–Trinajstić information content (AvgIpc) is 3.19. The molecule has 5 rings (SSSR count). The smallest absolute Gasteiger partial charge is 0.290 e. The van der Waals surface area contributed by atoms with E-state index in [0.29, 0.717) is 41.2 Å². The molecule has 196 valence electrons. The largest absolute Gasteiger partial charge is 0.493 e. The highest BCUT2D eigenvalue weighted by molar-refractivity contribution is 5.99. The lowest BCUT2D eigenvalue weighted by Gasteiger charge is -2.26. The van der Waals surface area contributed by atoms with Gasteiger partial charge in [0.25, 0.3) is 5.91 Å². The van der Waals surface area contributed by atoms with Gasteiger partial charge in [0.1, 0.15) is 12.2 Å². The van der Waals surface area contributed by atoms with Crippen molar-refractivity contribution in [3.8, 4) is 11.5 Å². The van der Waals surface area contributed by atoms with E-state index in [2.05, 4.69) is 4.90 Å². The van der Waals surface area contributed by atoms with Crippen molar-refractivity contribution in [1.82, 2.24) is 9.80 Å². The molecule has 0 bridgehead atoms. The topological polar surface area (TPSA) is 72.2 Å². The van der Waals surface area contributed by atoms with Gasteiger partial charge in [-0.25, -0.2) is 0 Å². The van der Waals surface area contributed by atoms with Gasteiger partial charge in [0.05, 0.1) is 24.1 Å². The first-order valence-electron chi connectivity index (χ1n) is 12.7. The molecule has 38 heavy (non-hydrogen) atoms. The maximum Gasteiger partial charge on any atom is 0.290 e. The predicted octanol–water partition coefficient (Wildman–Crippen LogP) is 5.19. The molecule has 7 heteroatoms. The number of ether oxygens (including phenoxy) is 2. The number of fused-ring (bicyclic) bond motifs is 2. The summed E-state index contributed by atoms with van der Waals surface area (Å²) < 4.78 is 17.8. The van der Waals surface area contributed by atoms with Crippen LogP contribution in [0.15, 0.2) is 75.9 Å². The third kappa shape index (κ3) is 4.89. The van der Waals surface area contributed by atoms with Crippen LogP contribution < -0.4 is 14.9 Å². The van der Waals surface area contributed by atoms with Gasteiger partial charge in [-0.15, -0.1) is 0 Å². The van der Waals surface area contributed by atoms with Crippen LogP contribution in [0.3, 0.4) is 0 Å². The second-order valence-corrected chi connectivity index (χ2v) is 9.92. The predicted molar refractivity (Wildman–Crippen MR) is 147 cm³/mol. The van der Waals surface area contributed by atoms with Crippen molar-refractivity contribution >= 4 is 16.9 Å². The zero-order chi connectivity index (χ0) is 26.8. The van der Waals surface area contributed by atoms with E-state index in [0.717, 1.165) is 29.7 Å². The number of hydrogen-bond acceptors (Lipinski definition) is 6. The van der Waals surface area contributed by atoms with Crippen LogP contribution in [-0.2, 0) is 6.61 Å². The van der Waals surface area contributed by atoms with Gasteiger partial charge >= 0.3 is 0 Å². The highest BCUT2D eigenvalue weighted by atomic mass is 16.5. The van der Waals surface area contributed by atoms with E-state index >= 15 is 0 Å². The van der Waals surface area contributed by atoms with Gasteiger partial charge in [-0.2, -0.15) is 0 Å². The van der Waals surface area contributed by atoms with E-state index in [1.54, 1.807) is 18.1 Å². The molecule has 1 aromatic heterocycles. The Morgan fingerprint density at radius 3 is 2.50 bits per heavy atom. The second kappa shape index (κ2) is 10.7. The fourth-order valence-electron chi connectivity index (χ4n) is 4.98. The lowest BCUT2D eigenvalue weighted by atomic mass is 9.97. The molecule has 2 heterocycles. The monoisotopic (exact) mass is 512 g/mol. The summed E-state index contributed by atoms with van der Waals surface area (Å²) >= 11 is 0. The minimum Gasteiger partial charge on any atom is -0.493 e. The minimum absolute atomic E-state index is 0.115. The average molecular weight is 513 g/mol. The summed E-state index contributed by atoms with van der Waals surface area (Å²) in [6.45, 7) is 3.62. The number of amides is 1. The van der Waals surface area contributed by atoms with Gasteiger partial charge < -0.3 is 23.7 Å². The van der Waals surface area contributed by atoms with E-state index in [-0.39, 0.29) is 17.1 Å². The number of nitrogens with zero attached hydrogens (tertiary/aromatic N) is 2. The number of hydrogen-bond donors (Lipinski definition) is 0. The molecule has 0 N–H and O–H groups in total. The standard InChI is InChI=1S/C31H32N2O5/c1-20-11-13-24-23(17-20)29(34)27-28(33(16-8-15-32(2)3)31(35)30(27)38-24)22-12-14-25(26(18-22)36-4)37-19-21-9-6-5-7-10-21/h5-7,9-14,17-18,28H,8,15-16,19H2,1-4H3. The van der Waals surface area contributed by atoms with Crippen molar-refractivity contribution in [3.63, 3.8) is 0 Å². The number of carbonyl (C=O) groups is 1. The zero-order valence-corrected chi connectivity index (χ0v) is 22.2. The molecule has 0 spiro atoms. The summed E-state index contributed by atoms with van der Waals surface area (Å²) in [5, 5.41) is 0.478. The minimum atomic E-state index is -0.585. The van der Waals surface area contributed by atoms with Gasteiger partial charge in [-0.1, -0.05) is 48.0 Å². The molecule has 3 aromatic carbocycles. The molecule has 1 aliphatic rings. The van der Waals surface area contributed by atoms with Crippen LogP contribution in [0, 0.1) is 6.92 Å². The molecule has 1 aliphatic heterocycles. The summed E-state index contributed by atoms with van der Waals surface area (Å²) in [6.07, 6.45) is 0.755. The van der Waals surface area contributed by atoms with E-state index in [1.165, 1.54) is 0 Å². The quantitative estimate of drug-likeness (QED) is 0.308. The number of methoxy groups -OCH3 is 1. The fraction of sp³-hybridized carbons (Fsp3) is 0.290. The normalized spacial score (nSPS) is 14.8. The van der Waals surface area contributed by atoms with E-state index in [9.17, 15) is 9.59 Å². The Morgan fingerprint density at radius 2 is 1.76 bits per heavy atom. The molecule has 0 saturated heterocycles. The van der Waals surface area contributed by atoms with Crippen molar-refractivity contribution in [2.24, 2.45) is 0 Å². The molecule has 7 nitrogen and oxygen atoms in total. The Kier molecular flexibility index (Phi) is 7.20. The molecule has 0 aliphatic carbocycles. The molecule has 1 atom stereocenters. The van der Waals surface area contributed by atoms with Gasteiger partial charge in [0, 0.05) is 6.54 Å².